The number of aryl methyl sites for hydroxylation is 1. The monoisotopic (exact) mass is 524 g/mol. The third-order valence-electron chi connectivity index (χ3n) is 6.59. The molecule has 1 heterocycles. The van der Waals surface area contributed by atoms with Gasteiger partial charge in [-0.05, 0) is 62.9 Å². The minimum Gasteiger partial charge on any atom is -0.492 e. The van der Waals surface area contributed by atoms with Crippen LogP contribution in [0, 0.1) is 0 Å². The molecule has 0 atom stereocenters. The fourth-order valence-electron chi connectivity index (χ4n) is 4.33. The smallest absolute Gasteiger partial charge is 0.269 e. The van der Waals surface area contributed by atoms with Crippen molar-refractivity contribution >= 4 is 11.7 Å². The van der Waals surface area contributed by atoms with Crippen LogP contribution in [0.25, 0.3) is 0 Å². The first-order valence-corrected chi connectivity index (χ1v) is 14.4. The highest BCUT2D eigenvalue weighted by Crippen LogP contribution is 2.14. The topological polar surface area (TPSA) is 120 Å². The third kappa shape index (κ3) is 12.5. The lowest BCUT2D eigenvalue weighted by Crippen LogP contribution is -2.30. The highest BCUT2D eigenvalue weighted by Gasteiger charge is 2.13. The number of primary amides is 1. The molecule has 0 unspecified atom stereocenters. The SMILES string of the molecule is CCCCCCN(CCCCCC)CCOc1ccc(CCCCN=C(N)c2nccnc2C(N)=O)cc1. The molecule has 0 saturated heterocycles. The van der Waals surface area contributed by atoms with Crippen molar-refractivity contribution in [2.24, 2.45) is 16.5 Å². The van der Waals surface area contributed by atoms with E-state index in [0.29, 0.717) is 6.54 Å². The first-order chi connectivity index (χ1) is 18.5. The summed E-state index contributed by atoms with van der Waals surface area (Å²) in [6.45, 7) is 9.14. The summed E-state index contributed by atoms with van der Waals surface area (Å²) in [5.74, 6) is 0.451. The molecule has 2 rings (SSSR count). The molecule has 0 aliphatic carbocycles. The Kier molecular flexibility index (Phi) is 15.7. The van der Waals surface area contributed by atoms with Gasteiger partial charge in [-0.25, -0.2) is 9.97 Å². The molecular formula is C30H48N6O2. The summed E-state index contributed by atoms with van der Waals surface area (Å²) in [5, 5.41) is 0. The minimum atomic E-state index is -0.666. The summed E-state index contributed by atoms with van der Waals surface area (Å²) >= 11 is 0. The lowest BCUT2D eigenvalue weighted by molar-refractivity contribution is 0.0995. The number of hydrogen-bond donors (Lipinski definition) is 2. The first-order valence-electron chi connectivity index (χ1n) is 14.4. The Balaban J connectivity index is 1.70. The van der Waals surface area contributed by atoms with E-state index in [1.807, 2.05) is 0 Å². The lowest BCUT2D eigenvalue weighted by Gasteiger charge is -2.22. The van der Waals surface area contributed by atoms with E-state index in [4.69, 9.17) is 16.2 Å². The molecule has 2 aromatic rings. The van der Waals surface area contributed by atoms with Gasteiger partial charge in [0.1, 0.15) is 23.9 Å². The maximum Gasteiger partial charge on any atom is 0.269 e. The fourth-order valence-corrected chi connectivity index (χ4v) is 4.33. The van der Waals surface area contributed by atoms with E-state index in [2.05, 4.69) is 58.0 Å². The van der Waals surface area contributed by atoms with Gasteiger partial charge < -0.3 is 16.2 Å². The number of aliphatic imine (C=N–C) groups is 1. The second-order valence-electron chi connectivity index (χ2n) is 9.80. The third-order valence-corrected chi connectivity index (χ3v) is 6.59. The van der Waals surface area contributed by atoms with Crippen LogP contribution >= 0.6 is 0 Å². The predicted molar refractivity (Wildman–Crippen MR) is 156 cm³/mol. The highest BCUT2D eigenvalue weighted by atomic mass is 16.5. The van der Waals surface area contributed by atoms with Crippen LogP contribution in [-0.4, -0.2) is 59.4 Å². The van der Waals surface area contributed by atoms with Crippen LogP contribution in [0.2, 0.25) is 0 Å². The molecule has 0 fully saturated rings. The number of amides is 1. The molecule has 0 bridgehead atoms. The number of carbonyl (C=O) groups excluding carboxylic acids is 1. The minimum absolute atomic E-state index is 0.0442. The zero-order chi connectivity index (χ0) is 27.4. The molecule has 0 saturated carbocycles. The molecule has 8 nitrogen and oxygen atoms in total. The van der Waals surface area contributed by atoms with Gasteiger partial charge in [-0.15, -0.1) is 0 Å². The van der Waals surface area contributed by atoms with Crippen LogP contribution in [-0.2, 0) is 6.42 Å². The molecule has 4 N–H and O–H groups in total. The number of benzene rings is 1. The van der Waals surface area contributed by atoms with Gasteiger partial charge >= 0.3 is 0 Å². The maximum atomic E-state index is 11.5. The Morgan fingerprint density at radius 3 is 2.05 bits per heavy atom. The van der Waals surface area contributed by atoms with Gasteiger partial charge in [0.25, 0.3) is 5.91 Å². The van der Waals surface area contributed by atoms with E-state index in [-0.39, 0.29) is 17.2 Å². The summed E-state index contributed by atoms with van der Waals surface area (Å²) in [6, 6.07) is 8.41. The largest absolute Gasteiger partial charge is 0.492 e. The normalized spacial score (nSPS) is 11.7. The average Bonchev–Trinajstić information content (AvgIpc) is 2.93. The number of ether oxygens (including phenoxy) is 1. The number of carbonyl (C=O) groups is 1. The number of rotatable bonds is 21. The molecule has 0 aliphatic heterocycles. The van der Waals surface area contributed by atoms with Crippen molar-refractivity contribution in [2.45, 2.75) is 84.5 Å². The zero-order valence-corrected chi connectivity index (χ0v) is 23.5. The van der Waals surface area contributed by atoms with E-state index >= 15 is 0 Å². The highest BCUT2D eigenvalue weighted by molar-refractivity contribution is 6.05. The van der Waals surface area contributed by atoms with Gasteiger partial charge in [-0.2, -0.15) is 0 Å². The van der Waals surface area contributed by atoms with Crippen LogP contribution in [0.5, 0.6) is 5.75 Å². The van der Waals surface area contributed by atoms with Crippen molar-refractivity contribution in [3.8, 4) is 5.75 Å². The summed E-state index contributed by atoms with van der Waals surface area (Å²) in [4.78, 5) is 26.4. The first kappa shape index (κ1) is 31.2. The Morgan fingerprint density at radius 2 is 1.45 bits per heavy atom. The second-order valence-corrected chi connectivity index (χ2v) is 9.80. The van der Waals surface area contributed by atoms with Gasteiger partial charge in [0, 0.05) is 25.5 Å². The summed E-state index contributed by atoms with van der Waals surface area (Å²) in [5.41, 5.74) is 12.9. The molecule has 0 aliphatic rings. The molecule has 38 heavy (non-hydrogen) atoms. The van der Waals surface area contributed by atoms with E-state index < -0.39 is 5.91 Å². The van der Waals surface area contributed by atoms with Crippen LogP contribution < -0.4 is 16.2 Å². The number of nitrogens with zero attached hydrogens (tertiary/aromatic N) is 4. The second kappa shape index (κ2) is 19.1. The predicted octanol–water partition coefficient (Wildman–Crippen LogP) is 5.15. The number of aromatic nitrogens is 2. The summed E-state index contributed by atoms with van der Waals surface area (Å²) in [7, 11) is 0. The maximum absolute atomic E-state index is 11.5. The summed E-state index contributed by atoms with van der Waals surface area (Å²) < 4.78 is 6.07. The number of unbranched alkanes of at least 4 members (excludes halogenated alkanes) is 7. The Labute approximate surface area is 229 Å². The molecule has 0 spiro atoms. The standard InChI is InChI=1S/C30H48N6O2/c1-3-5-7-11-21-36(22-12-8-6-4-2)23-24-38-26-16-14-25(15-17-26)13-9-10-18-35-29(31)27-28(30(32)37)34-20-19-33-27/h14-17,19-20H,3-13,18,21-24H2,1-2H3,(H2,31,35)(H2,32,37). The quantitative estimate of drug-likeness (QED) is 0.132. The van der Waals surface area contributed by atoms with Crippen molar-refractivity contribution < 1.29 is 9.53 Å². The molecule has 8 heteroatoms. The van der Waals surface area contributed by atoms with Gasteiger partial charge in [0.2, 0.25) is 0 Å². The molecule has 1 aromatic heterocycles. The molecule has 210 valence electrons. The van der Waals surface area contributed by atoms with Crippen molar-refractivity contribution in [2.75, 3.05) is 32.8 Å². The number of hydrogen-bond acceptors (Lipinski definition) is 6. The molecular weight excluding hydrogens is 476 g/mol. The van der Waals surface area contributed by atoms with Crippen LogP contribution in [0.4, 0.5) is 0 Å². The van der Waals surface area contributed by atoms with Gasteiger partial charge in [0.05, 0.1) is 0 Å². The lowest BCUT2D eigenvalue weighted by atomic mass is 10.1. The molecule has 1 amide bonds. The van der Waals surface area contributed by atoms with Gasteiger partial charge in [0.15, 0.2) is 5.69 Å². The Morgan fingerprint density at radius 1 is 0.816 bits per heavy atom. The van der Waals surface area contributed by atoms with Crippen LogP contribution in [0.1, 0.15) is 99.8 Å². The number of nitrogens with two attached hydrogens (primary N) is 2. The summed E-state index contributed by atoms with van der Waals surface area (Å²) in [6.07, 6.45) is 16.1. The molecule has 1 aromatic carbocycles. The zero-order valence-electron chi connectivity index (χ0n) is 23.5. The van der Waals surface area contributed by atoms with Crippen molar-refractivity contribution in [1.82, 2.24) is 14.9 Å². The average molecular weight is 525 g/mol. The molecule has 0 radical (unpaired) electrons. The van der Waals surface area contributed by atoms with Crippen molar-refractivity contribution in [3.05, 3.63) is 53.6 Å². The van der Waals surface area contributed by atoms with E-state index in [1.54, 1.807) is 0 Å². The van der Waals surface area contributed by atoms with E-state index in [1.165, 1.54) is 82.4 Å². The number of amidine groups is 1. The van der Waals surface area contributed by atoms with E-state index in [9.17, 15) is 4.79 Å². The van der Waals surface area contributed by atoms with E-state index in [0.717, 1.165) is 38.2 Å². The van der Waals surface area contributed by atoms with Crippen LogP contribution in [0.15, 0.2) is 41.7 Å². The van der Waals surface area contributed by atoms with Crippen molar-refractivity contribution in [1.29, 1.82) is 0 Å². The fraction of sp³-hybridized carbons (Fsp3) is 0.600. The van der Waals surface area contributed by atoms with Crippen molar-refractivity contribution in [3.63, 3.8) is 0 Å². The van der Waals surface area contributed by atoms with Gasteiger partial charge in [-0.3, -0.25) is 14.7 Å². The Hall–Kier alpha value is -3.00. The van der Waals surface area contributed by atoms with Gasteiger partial charge in [-0.1, -0.05) is 64.5 Å². The Bertz CT molecular complexity index is 936. The van der Waals surface area contributed by atoms with Crippen LogP contribution in [0.3, 0.4) is 0 Å².